The first-order valence-corrected chi connectivity index (χ1v) is 7.52. The van der Waals surface area contributed by atoms with Gasteiger partial charge in [0.1, 0.15) is 0 Å². The summed E-state index contributed by atoms with van der Waals surface area (Å²) >= 11 is 0. The highest BCUT2D eigenvalue weighted by molar-refractivity contribution is 5.22. The molecule has 0 bridgehead atoms. The molecule has 1 nitrogen and oxygen atoms in total. The highest BCUT2D eigenvalue weighted by Gasteiger charge is 2.07. The van der Waals surface area contributed by atoms with Crippen molar-refractivity contribution in [3.8, 4) is 0 Å². The van der Waals surface area contributed by atoms with E-state index in [9.17, 15) is 0 Å². The van der Waals surface area contributed by atoms with Crippen LogP contribution in [-0.4, -0.2) is 6.54 Å². The highest BCUT2D eigenvalue weighted by Crippen LogP contribution is 2.16. The number of hydrogen-bond acceptors (Lipinski definition) is 1. The first-order valence-electron chi connectivity index (χ1n) is 7.52. The molecule has 1 atom stereocenters. The van der Waals surface area contributed by atoms with Gasteiger partial charge in [-0.15, -0.1) is 0 Å². The zero-order valence-corrected chi connectivity index (χ0v) is 12.1. The topological polar surface area (TPSA) is 26.0 Å². The first kappa shape index (κ1) is 15.2. The lowest BCUT2D eigenvalue weighted by Gasteiger charge is -2.15. The molecule has 0 aromatic heterocycles. The number of benzene rings is 1. The lowest BCUT2D eigenvalue weighted by Crippen LogP contribution is -2.17. The van der Waals surface area contributed by atoms with Crippen LogP contribution in [0.4, 0.5) is 0 Å². The third-order valence-electron chi connectivity index (χ3n) is 3.66. The van der Waals surface area contributed by atoms with Crippen LogP contribution < -0.4 is 5.73 Å². The summed E-state index contributed by atoms with van der Waals surface area (Å²) < 4.78 is 0. The summed E-state index contributed by atoms with van der Waals surface area (Å²) in [7, 11) is 0. The Morgan fingerprint density at radius 3 is 2.56 bits per heavy atom. The predicted octanol–water partition coefficient (Wildman–Crippen LogP) is 4.47. The van der Waals surface area contributed by atoms with Gasteiger partial charge >= 0.3 is 0 Å². The lowest BCUT2D eigenvalue weighted by molar-refractivity contribution is 0.458. The Kier molecular flexibility index (Phi) is 7.75. The molecule has 0 spiro atoms. The molecule has 1 heteroatoms. The Hall–Kier alpha value is -0.820. The van der Waals surface area contributed by atoms with E-state index in [1.165, 1.54) is 49.7 Å². The molecule has 2 N–H and O–H groups in total. The fraction of sp³-hybridized carbons (Fsp3) is 0.647. The minimum atomic E-state index is 0.661. The van der Waals surface area contributed by atoms with Gasteiger partial charge in [0.15, 0.2) is 0 Å². The van der Waals surface area contributed by atoms with Crippen molar-refractivity contribution in [1.29, 1.82) is 0 Å². The van der Waals surface area contributed by atoms with Gasteiger partial charge in [-0.05, 0) is 37.8 Å². The van der Waals surface area contributed by atoms with Crippen LogP contribution in [0, 0.1) is 12.8 Å². The zero-order chi connectivity index (χ0) is 13.2. The van der Waals surface area contributed by atoms with Crippen molar-refractivity contribution in [2.24, 2.45) is 11.7 Å². The standard InChI is InChI=1S/C17H29N/c1-3-4-5-6-7-10-17(14-18)13-16-11-8-9-15(2)12-16/h8-9,11-12,17H,3-7,10,13-14,18H2,1-2H3. The molecule has 1 aromatic carbocycles. The highest BCUT2D eigenvalue weighted by atomic mass is 14.5. The van der Waals surface area contributed by atoms with Crippen molar-refractivity contribution < 1.29 is 0 Å². The molecule has 0 aliphatic rings. The fourth-order valence-electron chi connectivity index (χ4n) is 2.51. The van der Waals surface area contributed by atoms with Crippen LogP contribution in [-0.2, 0) is 6.42 Å². The second-order valence-electron chi connectivity index (χ2n) is 5.50. The normalized spacial score (nSPS) is 12.6. The Morgan fingerprint density at radius 1 is 1.11 bits per heavy atom. The molecule has 1 aromatic rings. The lowest BCUT2D eigenvalue weighted by atomic mass is 9.93. The molecule has 102 valence electrons. The molecule has 0 fully saturated rings. The zero-order valence-electron chi connectivity index (χ0n) is 12.1. The summed E-state index contributed by atoms with van der Waals surface area (Å²) in [6.07, 6.45) is 9.24. The fourth-order valence-corrected chi connectivity index (χ4v) is 2.51. The Labute approximate surface area is 113 Å². The van der Waals surface area contributed by atoms with E-state index in [1.54, 1.807) is 0 Å². The van der Waals surface area contributed by atoms with Crippen molar-refractivity contribution in [2.45, 2.75) is 58.8 Å². The maximum absolute atomic E-state index is 5.90. The van der Waals surface area contributed by atoms with Gasteiger partial charge < -0.3 is 5.73 Å². The molecule has 0 aliphatic heterocycles. The van der Waals surface area contributed by atoms with E-state index in [0.717, 1.165) is 13.0 Å². The summed E-state index contributed by atoms with van der Waals surface area (Å²) in [6.45, 7) is 5.24. The van der Waals surface area contributed by atoms with E-state index in [-0.39, 0.29) is 0 Å². The largest absolute Gasteiger partial charge is 0.330 e. The van der Waals surface area contributed by atoms with Crippen LogP contribution >= 0.6 is 0 Å². The molecule has 0 saturated carbocycles. The van der Waals surface area contributed by atoms with Crippen LogP contribution in [0.1, 0.15) is 56.6 Å². The number of unbranched alkanes of at least 4 members (excludes halogenated alkanes) is 4. The number of nitrogens with two attached hydrogens (primary N) is 1. The van der Waals surface area contributed by atoms with E-state index in [1.807, 2.05) is 0 Å². The summed E-state index contributed by atoms with van der Waals surface area (Å²) in [5.41, 5.74) is 8.70. The molecule has 0 aliphatic carbocycles. The Balaban J connectivity index is 2.28. The van der Waals surface area contributed by atoms with E-state index >= 15 is 0 Å². The maximum atomic E-state index is 5.90. The van der Waals surface area contributed by atoms with E-state index in [2.05, 4.69) is 38.1 Å². The molecule has 1 unspecified atom stereocenters. The number of hydrogen-bond donors (Lipinski definition) is 1. The minimum Gasteiger partial charge on any atom is -0.330 e. The van der Waals surface area contributed by atoms with Crippen molar-refractivity contribution in [1.82, 2.24) is 0 Å². The molecular weight excluding hydrogens is 218 g/mol. The van der Waals surface area contributed by atoms with E-state index in [0.29, 0.717) is 5.92 Å². The third kappa shape index (κ3) is 6.20. The van der Waals surface area contributed by atoms with Crippen LogP contribution in [0.3, 0.4) is 0 Å². The van der Waals surface area contributed by atoms with Crippen molar-refractivity contribution in [2.75, 3.05) is 6.54 Å². The second kappa shape index (κ2) is 9.16. The molecular formula is C17H29N. The van der Waals surface area contributed by atoms with Crippen LogP contribution in [0.5, 0.6) is 0 Å². The van der Waals surface area contributed by atoms with Crippen LogP contribution in [0.25, 0.3) is 0 Å². The molecule has 0 saturated heterocycles. The third-order valence-corrected chi connectivity index (χ3v) is 3.66. The van der Waals surface area contributed by atoms with Crippen molar-refractivity contribution in [3.05, 3.63) is 35.4 Å². The average Bonchev–Trinajstić information content (AvgIpc) is 2.37. The van der Waals surface area contributed by atoms with Gasteiger partial charge in [-0.3, -0.25) is 0 Å². The van der Waals surface area contributed by atoms with Crippen molar-refractivity contribution >= 4 is 0 Å². The molecule has 0 radical (unpaired) electrons. The van der Waals surface area contributed by atoms with Crippen LogP contribution in [0.2, 0.25) is 0 Å². The quantitative estimate of drug-likeness (QED) is 0.640. The van der Waals surface area contributed by atoms with Gasteiger partial charge in [-0.1, -0.05) is 68.9 Å². The maximum Gasteiger partial charge on any atom is -0.00457 e. The summed E-state index contributed by atoms with van der Waals surface area (Å²) in [4.78, 5) is 0. The Bertz CT molecular complexity index is 319. The molecule has 0 amide bonds. The molecule has 0 heterocycles. The summed E-state index contributed by atoms with van der Waals surface area (Å²) in [5.74, 6) is 0.661. The van der Waals surface area contributed by atoms with Crippen molar-refractivity contribution in [3.63, 3.8) is 0 Å². The summed E-state index contributed by atoms with van der Waals surface area (Å²) in [5, 5.41) is 0. The second-order valence-corrected chi connectivity index (χ2v) is 5.50. The number of aryl methyl sites for hydroxylation is 1. The summed E-state index contributed by atoms with van der Waals surface area (Å²) in [6, 6.07) is 8.83. The molecule has 1 rings (SSSR count). The van der Waals surface area contributed by atoms with Gasteiger partial charge in [0.2, 0.25) is 0 Å². The van der Waals surface area contributed by atoms with E-state index < -0.39 is 0 Å². The van der Waals surface area contributed by atoms with Crippen LogP contribution in [0.15, 0.2) is 24.3 Å². The Morgan fingerprint density at radius 2 is 1.89 bits per heavy atom. The van der Waals surface area contributed by atoms with Gasteiger partial charge in [-0.2, -0.15) is 0 Å². The van der Waals surface area contributed by atoms with Gasteiger partial charge in [0, 0.05) is 0 Å². The van der Waals surface area contributed by atoms with Gasteiger partial charge in [0.05, 0.1) is 0 Å². The molecule has 18 heavy (non-hydrogen) atoms. The monoisotopic (exact) mass is 247 g/mol. The number of rotatable bonds is 9. The SMILES string of the molecule is CCCCCCCC(CN)Cc1cccc(C)c1. The van der Waals surface area contributed by atoms with Gasteiger partial charge in [-0.25, -0.2) is 0 Å². The van der Waals surface area contributed by atoms with Gasteiger partial charge in [0.25, 0.3) is 0 Å². The minimum absolute atomic E-state index is 0.661. The predicted molar refractivity (Wildman–Crippen MR) is 80.8 cm³/mol. The smallest absolute Gasteiger partial charge is 0.00457 e. The average molecular weight is 247 g/mol. The van der Waals surface area contributed by atoms with E-state index in [4.69, 9.17) is 5.73 Å². The first-order chi connectivity index (χ1) is 8.76.